The van der Waals surface area contributed by atoms with E-state index in [1.54, 1.807) is 6.08 Å². The van der Waals surface area contributed by atoms with Crippen LogP contribution >= 0.6 is 11.8 Å². The minimum atomic E-state index is -0.324. The Hall–Kier alpha value is -1.75. The van der Waals surface area contributed by atoms with E-state index in [-0.39, 0.29) is 11.1 Å². The summed E-state index contributed by atoms with van der Waals surface area (Å²) < 4.78 is 0. The van der Waals surface area contributed by atoms with E-state index in [0.29, 0.717) is 4.91 Å². The van der Waals surface area contributed by atoms with Crippen molar-refractivity contribution in [3.63, 3.8) is 0 Å². The first-order valence-electron chi connectivity index (χ1n) is 5.08. The van der Waals surface area contributed by atoms with Crippen LogP contribution in [0, 0.1) is 0 Å². The molecule has 0 aromatic heterocycles. The summed E-state index contributed by atoms with van der Waals surface area (Å²) in [7, 11) is 3.90. The smallest absolute Gasteiger partial charge is 0.290 e. The molecule has 0 saturated carbocycles. The predicted molar refractivity (Wildman–Crippen MR) is 69.9 cm³/mol. The largest absolute Gasteiger partial charge is 0.378 e. The summed E-state index contributed by atoms with van der Waals surface area (Å²) in [6.07, 6.45) is 1.72. The average molecular weight is 248 g/mol. The van der Waals surface area contributed by atoms with Gasteiger partial charge in [0.15, 0.2) is 0 Å². The molecule has 0 bridgehead atoms. The zero-order valence-corrected chi connectivity index (χ0v) is 10.4. The van der Waals surface area contributed by atoms with Gasteiger partial charge in [0.2, 0.25) is 0 Å². The van der Waals surface area contributed by atoms with Gasteiger partial charge in [-0.05, 0) is 35.5 Å². The van der Waals surface area contributed by atoms with Crippen molar-refractivity contribution in [3.8, 4) is 0 Å². The van der Waals surface area contributed by atoms with Gasteiger partial charge in [0.05, 0.1) is 4.91 Å². The van der Waals surface area contributed by atoms with Crippen molar-refractivity contribution in [1.82, 2.24) is 5.32 Å². The Labute approximate surface area is 104 Å². The van der Waals surface area contributed by atoms with Crippen molar-refractivity contribution >= 4 is 34.7 Å². The van der Waals surface area contributed by atoms with Crippen LogP contribution in [0.1, 0.15) is 5.56 Å². The van der Waals surface area contributed by atoms with Crippen molar-refractivity contribution in [2.24, 2.45) is 0 Å². The van der Waals surface area contributed by atoms with E-state index in [1.807, 2.05) is 43.3 Å². The summed E-state index contributed by atoms with van der Waals surface area (Å²) in [5.74, 6) is -0.324. The molecular weight excluding hydrogens is 236 g/mol. The summed E-state index contributed by atoms with van der Waals surface area (Å²) in [5.41, 5.74) is 1.96. The highest BCUT2D eigenvalue weighted by atomic mass is 32.2. The van der Waals surface area contributed by atoms with Crippen LogP contribution in [0.25, 0.3) is 6.08 Å². The van der Waals surface area contributed by atoms with E-state index in [9.17, 15) is 9.59 Å². The molecule has 1 aromatic rings. The van der Waals surface area contributed by atoms with Crippen LogP contribution in [0.15, 0.2) is 29.2 Å². The molecule has 88 valence electrons. The molecule has 1 heterocycles. The molecule has 0 radical (unpaired) electrons. The van der Waals surface area contributed by atoms with Gasteiger partial charge in [-0.25, -0.2) is 0 Å². The lowest BCUT2D eigenvalue weighted by atomic mass is 10.2. The number of thioether (sulfide) groups is 1. The Bertz CT molecular complexity index is 509. The van der Waals surface area contributed by atoms with Crippen molar-refractivity contribution in [1.29, 1.82) is 0 Å². The molecule has 1 fully saturated rings. The number of hydrogen-bond donors (Lipinski definition) is 1. The molecule has 0 unspecified atom stereocenters. The fraction of sp³-hybridized carbons (Fsp3) is 0.167. The number of nitrogens with zero attached hydrogens (tertiary/aromatic N) is 1. The third-order valence-electron chi connectivity index (χ3n) is 2.33. The standard InChI is InChI=1S/C12H12N2O2S/c1-14(2)9-5-3-4-8(6-9)7-10-11(15)13-12(16)17-10/h3-7H,1-2H3,(H,13,15,16). The molecule has 1 saturated heterocycles. The van der Waals surface area contributed by atoms with Crippen LogP contribution < -0.4 is 10.2 Å². The van der Waals surface area contributed by atoms with Crippen molar-refractivity contribution in [2.75, 3.05) is 19.0 Å². The fourth-order valence-electron chi connectivity index (χ4n) is 1.47. The minimum absolute atomic E-state index is 0.315. The van der Waals surface area contributed by atoms with Gasteiger partial charge in [-0.15, -0.1) is 0 Å². The van der Waals surface area contributed by atoms with Crippen molar-refractivity contribution < 1.29 is 9.59 Å². The van der Waals surface area contributed by atoms with E-state index >= 15 is 0 Å². The summed E-state index contributed by atoms with van der Waals surface area (Å²) in [6, 6.07) is 7.76. The van der Waals surface area contributed by atoms with Gasteiger partial charge < -0.3 is 4.90 Å². The number of carbonyl (C=O) groups excluding carboxylic acids is 2. The molecule has 1 aliphatic rings. The van der Waals surface area contributed by atoms with Crippen LogP contribution in [0.2, 0.25) is 0 Å². The number of anilines is 1. The van der Waals surface area contributed by atoms with E-state index in [4.69, 9.17) is 0 Å². The van der Waals surface area contributed by atoms with E-state index in [0.717, 1.165) is 23.0 Å². The molecule has 2 rings (SSSR count). The van der Waals surface area contributed by atoms with Gasteiger partial charge in [0.25, 0.3) is 11.1 Å². The number of hydrogen-bond acceptors (Lipinski definition) is 4. The molecule has 2 amide bonds. The number of nitrogens with one attached hydrogen (secondary N) is 1. The number of benzene rings is 1. The number of amides is 2. The van der Waals surface area contributed by atoms with Crippen LogP contribution in [0.5, 0.6) is 0 Å². The maximum Gasteiger partial charge on any atom is 0.290 e. The molecule has 1 aliphatic heterocycles. The number of carbonyl (C=O) groups is 2. The Kier molecular flexibility index (Phi) is 3.19. The normalized spacial score (nSPS) is 17.4. The van der Waals surface area contributed by atoms with Gasteiger partial charge in [0, 0.05) is 19.8 Å². The predicted octanol–water partition coefficient (Wildman–Crippen LogP) is 2.08. The first-order valence-corrected chi connectivity index (χ1v) is 5.90. The highest BCUT2D eigenvalue weighted by Crippen LogP contribution is 2.26. The Morgan fingerprint density at radius 3 is 2.65 bits per heavy atom. The topological polar surface area (TPSA) is 49.4 Å². The lowest BCUT2D eigenvalue weighted by Gasteiger charge is -2.12. The third-order valence-corrected chi connectivity index (χ3v) is 3.14. The molecule has 1 aromatic carbocycles. The highest BCUT2D eigenvalue weighted by molar-refractivity contribution is 8.18. The van der Waals surface area contributed by atoms with E-state index in [2.05, 4.69) is 5.32 Å². The molecule has 5 heteroatoms. The van der Waals surface area contributed by atoms with Gasteiger partial charge in [-0.3, -0.25) is 14.9 Å². The minimum Gasteiger partial charge on any atom is -0.378 e. The maximum atomic E-state index is 11.4. The SMILES string of the molecule is CN(C)c1cccc(C=C2SC(=O)NC2=O)c1. The Balaban J connectivity index is 2.29. The average Bonchev–Trinajstić information content (AvgIpc) is 2.58. The van der Waals surface area contributed by atoms with E-state index < -0.39 is 0 Å². The fourth-order valence-corrected chi connectivity index (χ4v) is 2.15. The van der Waals surface area contributed by atoms with Gasteiger partial charge in [0.1, 0.15) is 0 Å². The zero-order valence-electron chi connectivity index (χ0n) is 9.56. The third kappa shape index (κ3) is 2.68. The summed E-state index contributed by atoms with van der Waals surface area (Å²) in [4.78, 5) is 24.8. The van der Waals surface area contributed by atoms with Gasteiger partial charge in [-0.1, -0.05) is 12.1 Å². The zero-order chi connectivity index (χ0) is 12.4. The monoisotopic (exact) mass is 248 g/mol. The molecular formula is C12H12N2O2S. The van der Waals surface area contributed by atoms with Crippen LogP contribution in [-0.4, -0.2) is 25.2 Å². The molecule has 17 heavy (non-hydrogen) atoms. The number of imide groups is 1. The lowest BCUT2D eigenvalue weighted by molar-refractivity contribution is -0.115. The quantitative estimate of drug-likeness (QED) is 0.814. The Morgan fingerprint density at radius 1 is 1.29 bits per heavy atom. The second kappa shape index (κ2) is 4.63. The second-order valence-corrected chi connectivity index (χ2v) is 4.86. The van der Waals surface area contributed by atoms with Crippen LogP contribution in [0.4, 0.5) is 10.5 Å². The molecule has 0 aliphatic carbocycles. The highest BCUT2D eigenvalue weighted by Gasteiger charge is 2.24. The first-order chi connectivity index (χ1) is 8.06. The van der Waals surface area contributed by atoms with Crippen molar-refractivity contribution in [2.45, 2.75) is 0 Å². The van der Waals surface area contributed by atoms with Crippen LogP contribution in [-0.2, 0) is 4.79 Å². The van der Waals surface area contributed by atoms with Crippen molar-refractivity contribution in [3.05, 3.63) is 34.7 Å². The number of rotatable bonds is 2. The summed E-state index contributed by atoms with van der Waals surface area (Å²) >= 11 is 0.931. The summed E-state index contributed by atoms with van der Waals surface area (Å²) in [6.45, 7) is 0. The Morgan fingerprint density at radius 2 is 2.06 bits per heavy atom. The van der Waals surface area contributed by atoms with Gasteiger partial charge in [-0.2, -0.15) is 0 Å². The molecule has 0 atom stereocenters. The molecule has 1 N–H and O–H groups in total. The van der Waals surface area contributed by atoms with Crippen LogP contribution in [0.3, 0.4) is 0 Å². The molecule has 0 spiro atoms. The first kappa shape index (κ1) is 11.7. The maximum absolute atomic E-state index is 11.4. The molecule has 4 nitrogen and oxygen atoms in total. The second-order valence-electron chi connectivity index (χ2n) is 3.84. The summed E-state index contributed by atoms with van der Waals surface area (Å²) in [5, 5.41) is 1.92. The van der Waals surface area contributed by atoms with Gasteiger partial charge >= 0.3 is 0 Å². The lowest BCUT2D eigenvalue weighted by Crippen LogP contribution is -2.17. The van der Waals surface area contributed by atoms with E-state index in [1.165, 1.54) is 0 Å².